The lowest BCUT2D eigenvalue weighted by molar-refractivity contribution is 0.159. The van der Waals surface area contributed by atoms with Crippen molar-refractivity contribution in [2.24, 2.45) is 5.10 Å². The standard InChI is InChI=1S/C25H29FN6O/c1-29-10-12-31(13-11-29)27-16-20-14-19(15-24(26)25(20)33)21-17-28-32(18-21)23-6-4-22(5-7-23)30-8-2-3-9-30/h4-7,14-18,33H,2-3,8-13H2,1H3. The van der Waals surface area contributed by atoms with Crippen LogP contribution in [-0.2, 0) is 0 Å². The van der Waals surface area contributed by atoms with Crippen LogP contribution in [-0.4, -0.2) is 77.3 Å². The van der Waals surface area contributed by atoms with Gasteiger partial charge in [0, 0.05) is 62.3 Å². The fraction of sp³-hybridized carbons (Fsp3) is 0.360. The first-order valence-corrected chi connectivity index (χ1v) is 11.5. The third kappa shape index (κ3) is 4.71. The first-order chi connectivity index (χ1) is 16.1. The minimum absolute atomic E-state index is 0.353. The van der Waals surface area contributed by atoms with Crippen molar-refractivity contribution in [2.75, 3.05) is 51.2 Å². The maximum atomic E-state index is 14.5. The van der Waals surface area contributed by atoms with Gasteiger partial charge in [0.15, 0.2) is 11.6 Å². The molecule has 3 heterocycles. The van der Waals surface area contributed by atoms with E-state index < -0.39 is 5.82 Å². The third-order valence-electron chi connectivity index (χ3n) is 6.43. The Morgan fingerprint density at radius 1 is 0.939 bits per heavy atom. The normalized spacial score (nSPS) is 17.4. The molecule has 3 aromatic rings. The van der Waals surface area contributed by atoms with Gasteiger partial charge in [-0.15, -0.1) is 0 Å². The SMILES string of the molecule is CN1CCN(N=Cc2cc(-c3cnn(-c4ccc(N5CCCC5)cc4)c3)cc(F)c2O)CC1. The summed E-state index contributed by atoms with van der Waals surface area (Å²) in [5, 5.41) is 21.1. The molecule has 0 radical (unpaired) electrons. The van der Waals surface area contributed by atoms with E-state index in [4.69, 9.17) is 0 Å². The van der Waals surface area contributed by atoms with Gasteiger partial charge in [-0.3, -0.25) is 5.01 Å². The van der Waals surface area contributed by atoms with Gasteiger partial charge in [-0.1, -0.05) is 0 Å². The topological polar surface area (TPSA) is 60.1 Å². The zero-order valence-electron chi connectivity index (χ0n) is 18.9. The van der Waals surface area contributed by atoms with Crippen LogP contribution < -0.4 is 4.90 Å². The van der Waals surface area contributed by atoms with Crippen molar-refractivity contribution in [3.8, 4) is 22.6 Å². The van der Waals surface area contributed by atoms with Gasteiger partial charge in [0.25, 0.3) is 0 Å². The molecule has 0 aliphatic carbocycles. The first-order valence-electron chi connectivity index (χ1n) is 11.5. The highest BCUT2D eigenvalue weighted by atomic mass is 19.1. The second-order valence-corrected chi connectivity index (χ2v) is 8.78. The fourth-order valence-electron chi connectivity index (χ4n) is 4.35. The molecule has 7 nitrogen and oxygen atoms in total. The lowest BCUT2D eigenvalue weighted by atomic mass is 10.1. The summed E-state index contributed by atoms with van der Waals surface area (Å²) in [5.41, 5.74) is 3.94. The number of phenolic OH excluding ortho intramolecular Hbond substituents is 1. The molecular formula is C25H29FN6O. The number of phenols is 1. The average molecular weight is 449 g/mol. The summed E-state index contributed by atoms with van der Waals surface area (Å²) in [7, 11) is 2.08. The van der Waals surface area contributed by atoms with Crippen LogP contribution in [0.2, 0.25) is 0 Å². The Morgan fingerprint density at radius 3 is 2.36 bits per heavy atom. The van der Waals surface area contributed by atoms with Crippen molar-refractivity contribution in [3.05, 3.63) is 60.2 Å². The molecule has 33 heavy (non-hydrogen) atoms. The van der Waals surface area contributed by atoms with Crippen molar-refractivity contribution < 1.29 is 9.50 Å². The van der Waals surface area contributed by atoms with Crippen LogP contribution in [0.3, 0.4) is 0 Å². The largest absolute Gasteiger partial charge is 0.504 e. The zero-order chi connectivity index (χ0) is 22.8. The predicted molar refractivity (Wildman–Crippen MR) is 129 cm³/mol. The van der Waals surface area contributed by atoms with E-state index in [2.05, 4.69) is 51.3 Å². The molecular weight excluding hydrogens is 419 g/mol. The molecule has 0 spiro atoms. The summed E-state index contributed by atoms with van der Waals surface area (Å²) in [6, 6.07) is 11.4. The van der Waals surface area contributed by atoms with Crippen molar-refractivity contribution in [2.45, 2.75) is 12.8 Å². The van der Waals surface area contributed by atoms with Gasteiger partial charge >= 0.3 is 0 Å². The Hall–Kier alpha value is -3.39. The van der Waals surface area contributed by atoms with Crippen LogP contribution in [0.4, 0.5) is 10.1 Å². The molecule has 1 aromatic heterocycles. The molecule has 172 valence electrons. The molecule has 0 amide bonds. The fourth-order valence-corrected chi connectivity index (χ4v) is 4.35. The highest BCUT2D eigenvalue weighted by molar-refractivity contribution is 5.86. The van der Waals surface area contributed by atoms with Crippen LogP contribution in [0.1, 0.15) is 18.4 Å². The molecule has 0 unspecified atom stereocenters. The van der Waals surface area contributed by atoms with Gasteiger partial charge in [0.2, 0.25) is 0 Å². The molecule has 0 saturated carbocycles. The molecule has 2 aliphatic heterocycles. The first kappa shape index (κ1) is 21.5. The number of nitrogens with zero attached hydrogens (tertiary/aromatic N) is 6. The molecule has 0 bridgehead atoms. The van der Waals surface area contributed by atoms with Gasteiger partial charge in [-0.25, -0.2) is 9.07 Å². The Kier molecular flexibility index (Phi) is 6.00. The number of hydrazone groups is 1. The van der Waals surface area contributed by atoms with Crippen LogP contribution in [0.15, 0.2) is 53.9 Å². The molecule has 0 atom stereocenters. The van der Waals surface area contributed by atoms with Crippen LogP contribution in [0, 0.1) is 5.82 Å². The maximum absolute atomic E-state index is 14.5. The molecule has 2 fully saturated rings. The summed E-state index contributed by atoms with van der Waals surface area (Å²) >= 11 is 0. The molecule has 2 saturated heterocycles. The number of anilines is 1. The number of aromatic hydroxyl groups is 1. The Labute approximate surface area is 193 Å². The Morgan fingerprint density at radius 2 is 1.64 bits per heavy atom. The van der Waals surface area contributed by atoms with Crippen LogP contribution in [0.5, 0.6) is 5.75 Å². The second-order valence-electron chi connectivity index (χ2n) is 8.78. The summed E-state index contributed by atoms with van der Waals surface area (Å²) in [6.07, 6.45) is 7.61. The van der Waals surface area contributed by atoms with Gasteiger partial charge < -0.3 is 14.9 Å². The Balaban J connectivity index is 1.35. The van der Waals surface area contributed by atoms with E-state index in [1.807, 2.05) is 11.2 Å². The number of rotatable bonds is 5. The summed E-state index contributed by atoms with van der Waals surface area (Å²) in [4.78, 5) is 4.63. The van der Waals surface area contributed by atoms with Crippen molar-refractivity contribution in [1.82, 2.24) is 19.7 Å². The van der Waals surface area contributed by atoms with Gasteiger partial charge in [0.05, 0.1) is 18.1 Å². The minimum Gasteiger partial charge on any atom is -0.504 e. The van der Waals surface area contributed by atoms with Crippen LogP contribution >= 0.6 is 0 Å². The number of halogens is 1. The zero-order valence-corrected chi connectivity index (χ0v) is 18.9. The Bertz CT molecular complexity index is 1130. The van der Waals surface area contributed by atoms with Crippen molar-refractivity contribution in [1.29, 1.82) is 0 Å². The lowest BCUT2D eigenvalue weighted by Crippen LogP contribution is -2.41. The van der Waals surface area contributed by atoms with E-state index in [1.165, 1.54) is 30.8 Å². The number of hydrogen-bond acceptors (Lipinski definition) is 6. The van der Waals surface area contributed by atoms with Crippen molar-refractivity contribution >= 4 is 11.9 Å². The average Bonchev–Trinajstić information content (AvgIpc) is 3.54. The third-order valence-corrected chi connectivity index (χ3v) is 6.43. The monoisotopic (exact) mass is 448 g/mol. The van der Waals surface area contributed by atoms with Gasteiger partial charge in [-0.05, 0) is 61.9 Å². The van der Waals surface area contributed by atoms with Gasteiger partial charge in [0.1, 0.15) is 0 Å². The molecule has 8 heteroatoms. The number of piperazine rings is 1. The quantitative estimate of drug-likeness (QED) is 0.605. The van der Waals surface area contributed by atoms with Crippen LogP contribution in [0.25, 0.3) is 16.8 Å². The van der Waals surface area contributed by atoms with E-state index in [0.29, 0.717) is 11.1 Å². The molecule has 2 aromatic carbocycles. The van der Waals surface area contributed by atoms with E-state index in [0.717, 1.165) is 50.5 Å². The van der Waals surface area contributed by atoms with E-state index >= 15 is 0 Å². The minimum atomic E-state index is -0.671. The lowest BCUT2D eigenvalue weighted by Gasteiger charge is -2.30. The van der Waals surface area contributed by atoms with Crippen molar-refractivity contribution in [3.63, 3.8) is 0 Å². The van der Waals surface area contributed by atoms with E-state index in [1.54, 1.807) is 16.9 Å². The summed E-state index contributed by atoms with van der Waals surface area (Å²) in [6.45, 7) is 5.68. The summed E-state index contributed by atoms with van der Waals surface area (Å²) < 4.78 is 16.3. The molecule has 1 N–H and O–H groups in total. The summed E-state index contributed by atoms with van der Waals surface area (Å²) in [5.74, 6) is -1.06. The van der Waals surface area contributed by atoms with E-state index in [-0.39, 0.29) is 5.75 Å². The number of benzene rings is 2. The maximum Gasteiger partial charge on any atom is 0.166 e. The number of likely N-dealkylation sites (N-methyl/N-ethyl adjacent to an activating group) is 1. The molecule has 5 rings (SSSR count). The van der Waals surface area contributed by atoms with E-state index in [9.17, 15) is 9.50 Å². The molecule has 2 aliphatic rings. The van der Waals surface area contributed by atoms with Gasteiger partial charge in [-0.2, -0.15) is 10.2 Å². The predicted octanol–water partition coefficient (Wildman–Crippen LogP) is 3.57. The number of aromatic nitrogens is 2. The number of hydrogen-bond donors (Lipinski definition) is 1. The smallest absolute Gasteiger partial charge is 0.166 e. The second kappa shape index (κ2) is 9.23. The highest BCUT2D eigenvalue weighted by Crippen LogP contribution is 2.29. The highest BCUT2D eigenvalue weighted by Gasteiger charge is 2.15.